The van der Waals surface area contributed by atoms with Crippen LogP contribution >= 0.6 is 58.0 Å². The fourth-order valence-corrected chi connectivity index (χ4v) is 2.64. The summed E-state index contributed by atoms with van der Waals surface area (Å²) in [5, 5.41) is 15.1. The van der Waals surface area contributed by atoms with E-state index in [9.17, 15) is 26.3 Å². The van der Waals surface area contributed by atoms with Crippen molar-refractivity contribution < 1.29 is 36.6 Å². The molecule has 0 fully saturated rings. The fraction of sp³-hybridized carbons (Fsp3) is 0.143. The zero-order valence-electron chi connectivity index (χ0n) is 12.3. The molecule has 2 N–H and O–H groups in total. The summed E-state index contributed by atoms with van der Waals surface area (Å²) in [6.45, 7) is 0. The molecule has 0 unspecified atom stereocenters. The number of benzene rings is 2. The first-order chi connectivity index (χ1) is 12.1. The Labute approximate surface area is 172 Å². The van der Waals surface area contributed by atoms with Crippen LogP contribution in [0.5, 0.6) is 11.5 Å². The molecular weight excluding hydrogens is 491 g/mol. The Bertz CT molecular complexity index is 852. The number of phenolic OH excluding ortho intramolecular Hbond substituents is 2. The first-order valence-corrected chi connectivity index (χ1v) is 8.15. The first-order valence-electron chi connectivity index (χ1n) is 6.26. The van der Waals surface area contributed by atoms with E-state index in [-0.39, 0.29) is 0 Å². The van der Waals surface area contributed by atoms with Gasteiger partial charge in [0.1, 0.15) is 21.5 Å². The monoisotopic (exact) mass is 494 g/mol. The Balaban J connectivity index is 0.000000271. The molecule has 2 aromatic rings. The van der Waals surface area contributed by atoms with Crippen molar-refractivity contribution in [3.63, 3.8) is 0 Å². The van der Waals surface area contributed by atoms with Gasteiger partial charge in [-0.05, 0) is 18.2 Å². The zero-order chi connectivity index (χ0) is 21.3. The Morgan fingerprint density at radius 3 is 1.41 bits per heavy atom. The van der Waals surface area contributed by atoms with Crippen LogP contribution in [0.15, 0.2) is 18.2 Å². The molecule has 27 heavy (non-hydrogen) atoms. The number of alkyl halides is 6. The van der Waals surface area contributed by atoms with Gasteiger partial charge in [-0.25, -0.2) is 0 Å². The van der Waals surface area contributed by atoms with E-state index >= 15 is 0 Å². The molecular formula is C14H5Cl5F6O2. The van der Waals surface area contributed by atoms with Crippen molar-refractivity contribution in [3.05, 3.63) is 54.4 Å². The standard InChI is InChI=1S/C7H2Cl3F3O.C7H3Cl2F3O/c8-4-2(7(11,12)13)1-3(14)5(9)6(4)10;8-5-3(7(10,11)12)1-2-4(13)6(5)9/h1,14H;1-2,13H. The summed E-state index contributed by atoms with van der Waals surface area (Å²) in [6.07, 6.45) is -9.24. The third-order valence-electron chi connectivity index (χ3n) is 2.80. The van der Waals surface area contributed by atoms with Gasteiger partial charge >= 0.3 is 12.4 Å². The molecule has 13 heteroatoms. The van der Waals surface area contributed by atoms with Gasteiger partial charge in [0, 0.05) is 0 Å². The van der Waals surface area contributed by atoms with E-state index in [0.29, 0.717) is 12.1 Å². The topological polar surface area (TPSA) is 40.5 Å². The molecule has 0 aliphatic rings. The lowest BCUT2D eigenvalue weighted by Crippen LogP contribution is -2.06. The number of hydrogen-bond donors (Lipinski definition) is 2. The van der Waals surface area contributed by atoms with Crippen molar-refractivity contribution in [2.45, 2.75) is 12.4 Å². The molecule has 2 nitrogen and oxygen atoms in total. The van der Waals surface area contributed by atoms with Crippen molar-refractivity contribution in [2.75, 3.05) is 0 Å². The Hall–Kier alpha value is -0.930. The molecule has 0 saturated heterocycles. The average Bonchev–Trinajstić information content (AvgIpc) is 2.52. The summed E-state index contributed by atoms with van der Waals surface area (Å²) in [4.78, 5) is 0. The van der Waals surface area contributed by atoms with E-state index in [1.807, 2.05) is 0 Å². The van der Waals surface area contributed by atoms with Crippen LogP contribution in [0.2, 0.25) is 25.1 Å². The summed E-state index contributed by atoms with van der Waals surface area (Å²) in [5.41, 5.74) is -2.27. The van der Waals surface area contributed by atoms with Crippen molar-refractivity contribution in [1.29, 1.82) is 0 Å². The van der Waals surface area contributed by atoms with E-state index in [4.69, 9.17) is 68.2 Å². The average molecular weight is 496 g/mol. The minimum atomic E-state index is -4.68. The lowest BCUT2D eigenvalue weighted by atomic mass is 10.2. The van der Waals surface area contributed by atoms with E-state index in [1.54, 1.807) is 0 Å². The van der Waals surface area contributed by atoms with Gasteiger partial charge in [0.15, 0.2) is 0 Å². The van der Waals surface area contributed by atoms with Gasteiger partial charge in [-0.3, -0.25) is 0 Å². The predicted molar refractivity (Wildman–Crippen MR) is 91.3 cm³/mol. The van der Waals surface area contributed by atoms with Crippen molar-refractivity contribution >= 4 is 58.0 Å². The Kier molecular flexibility index (Phi) is 7.69. The SMILES string of the molecule is Oc1cc(C(F)(F)F)c(Cl)c(Cl)c1Cl.Oc1ccc(C(F)(F)F)c(Cl)c1Cl. The highest BCUT2D eigenvalue weighted by Crippen LogP contribution is 2.45. The Morgan fingerprint density at radius 2 is 0.963 bits per heavy atom. The number of rotatable bonds is 0. The number of hydrogen-bond acceptors (Lipinski definition) is 2. The summed E-state index contributed by atoms with van der Waals surface area (Å²) in [5.74, 6) is -1.23. The van der Waals surface area contributed by atoms with Crippen molar-refractivity contribution in [1.82, 2.24) is 0 Å². The lowest BCUT2D eigenvalue weighted by Gasteiger charge is -2.11. The van der Waals surface area contributed by atoms with Crippen LogP contribution in [0.4, 0.5) is 26.3 Å². The molecule has 0 aliphatic heterocycles. The smallest absolute Gasteiger partial charge is 0.418 e. The van der Waals surface area contributed by atoms with Crippen LogP contribution in [0.1, 0.15) is 11.1 Å². The highest BCUT2D eigenvalue weighted by Gasteiger charge is 2.36. The van der Waals surface area contributed by atoms with Gasteiger partial charge in [0.2, 0.25) is 0 Å². The summed E-state index contributed by atoms with van der Waals surface area (Å²) < 4.78 is 73.1. The number of halogens is 11. The lowest BCUT2D eigenvalue weighted by molar-refractivity contribution is -0.138. The van der Waals surface area contributed by atoms with E-state index in [1.165, 1.54) is 0 Å². The highest BCUT2D eigenvalue weighted by molar-refractivity contribution is 6.49. The second kappa shape index (κ2) is 8.61. The van der Waals surface area contributed by atoms with Gasteiger partial charge in [-0.2, -0.15) is 26.3 Å². The van der Waals surface area contributed by atoms with Gasteiger partial charge in [-0.1, -0.05) is 58.0 Å². The van der Waals surface area contributed by atoms with E-state index < -0.39 is 60.1 Å². The molecule has 2 aromatic carbocycles. The highest BCUT2D eigenvalue weighted by atomic mass is 35.5. The summed E-state index contributed by atoms with van der Waals surface area (Å²) >= 11 is 26.6. The van der Waals surface area contributed by atoms with Crippen LogP contribution in [0, 0.1) is 0 Å². The summed E-state index contributed by atoms with van der Waals surface area (Å²) in [6, 6.07) is 1.94. The van der Waals surface area contributed by atoms with Crippen LogP contribution in [0.25, 0.3) is 0 Å². The maximum atomic E-state index is 12.2. The molecule has 150 valence electrons. The molecule has 0 atom stereocenters. The molecule has 2 rings (SSSR count). The number of aromatic hydroxyl groups is 2. The van der Waals surface area contributed by atoms with Crippen LogP contribution < -0.4 is 0 Å². The van der Waals surface area contributed by atoms with E-state index in [0.717, 1.165) is 6.07 Å². The minimum absolute atomic E-state index is 0.398. The van der Waals surface area contributed by atoms with Crippen molar-refractivity contribution in [3.8, 4) is 11.5 Å². The maximum absolute atomic E-state index is 12.2. The van der Waals surface area contributed by atoms with Crippen LogP contribution in [0.3, 0.4) is 0 Å². The fourth-order valence-electron chi connectivity index (χ4n) is 1.55. The molecule has 0 radical (unpaired) electrons. The molecule has 0 amide bonds. The molecule has 0 spiro atoms. The summed E-state index contributed by atoms with van der Waals surface area (Å²) in [7, 11) is 0. The maximum Gasteiger partial charge on any atom is 0.418 e. The second-order valence-corrected chi connectivity index (χ2v) is 6.53. The van der Waals surface area contributed by atoms with Gasteiger partial charge < -0.3 is 10.2 Å². The molecule has 0 saturated carbocycles. The van der Waals surface area contributed by atoms with E-state index in [2.05, 4.69) is 0 Å². The largest absolute Gasteiger partial charge is 0.506 e. The molecule has 0 heterocycles. The van der Waals surface area contributed by atoms with Gasteiger partial charge in [0.05, 0.1) is 26.2 Å². The second-order valence-electron chi connectivity index (χ2n) is 4.64. The van der Waals surface area contributed by atoms with Crippen LogP contribution in [-0.2, 0) is 12.4 Å². The predicted octanol–water partition coefficient (Wildman–Crippen LogP) is 8.09. The van der Waals surface area contributed by atoms with Crippen molar-refractivity contribution in [2.24, 2.45) is 0 Å². The van der Waals surface area contributed by atoms with Gasteiger partial charge in [-0.15, -0.1) is 0 Å². The molecule has 0 aliphatic carbocycles. The first kappa shape index (κ1) is 24.1. The molecule has 0 bridgehead atoms. The molecule has 0 aromatic heterocycles. The third kappa shape index (κ3) is 5.77. The minimum Gasteiger partial charge on any atom is -0.506 e. The van der Waals surface area contributed by atoms with Crippen LogP contribution in [-0.4, -0.2) is 10.2 Å². The number of phenols is 2. The normalized spacial score (nSPS) is 11.8. The quantitative estimate of drug-likeness (QED) is 0.286. The third-order valence-corrected chi connectivity index (χ3v) is 5.02. The Morgan fingerprint density at radius 1 is 0.556 bits per heavy atom. The van der Waals surface area contributed by atoms with Gasteiger partial charge in [0.25, 0.3) is 0 Å². The zero-order valence-corrected chi connectivity index (χ0v) is 16.1.